The van der Waals surface area contributed by atoms with Crippen molar-refractivity contribution in [2.24, 2.45) is 0 Å². The number of hydrogen-bond donors (Lipinski definition) is 1. The summed E-state index contributed by atoms with van der Waals surface area (Å²) in [5.41, 5.74) is 0. The first-order valence-electron chi connectivity index (χ1n) is 4.82. The molecule has 0 aromatic carbocycles. The molecule has 2 fully saturated rings. The Kier molecular flexibility index (Phi) is 2.28. The van der Waals surface area contributed by atoms with Gasteiger partial charge in [0.25, 0.3) is 5.92 Å². The first-order valence-corrected chi connectivity index (χ1v) is 4.82. The molecular weight excluding hydrogens is 176 g/mol. The van der Waals surface area contributed by atoms with Gasteiger partial charge in [0.2, 0.25) is 0 Å². The van der Waals surface area contributed by atoms with E-state index >= 15 is 0 Å². The molecule has 2 nitrogen and oxygen atoms in total. The standard InChI is InChI=1S/C9H15F2NO/c1-6-8(2-3-13-6)12-7-4-9(10,11)5-7/h6-8,12H,2-5H2,1H3. The molecular formula is C9H15F2NO. The van der Waals surface area contributed by atoms with Gasteiger partial charge in [-0.2, -0.15) is 0 Å². The minimum Gasteiger partial charge on any atom is -0.377 e. The van der Waals surface area contributed by atoms with Crippen LogP contribution in [0.4, 0.5) is 8.78 Å². The van der Waals surface area contributed by atoms with Crippen molar-refractivity contribution in [3.05, 3.63) is 0 Å². The van der Waals surface area contributed by atoms with Crippen molar-refractivity contribution in [2.45, 2.75) is 50.3 Å². The molecule has 1 aliphatic heterocycles. The lowest BCUT2D eigenvalue weighted by molar-refractivity contribution is -0.0958. The van der Waals surface area contributed by atoms with Crippen LogP contribution in [0.5, 0.6) is 0 Å². The van der Waals surface area contributed by atoms with Crippen LogP contribution in [-0.4, -0.2) is 30.7 Å². The minimum atomic E-state index is -2.42. The predicted octanol–water partition coefficient (Wildman–Crippen LogP) is 1.55. The van der Waals surface area contributed by atoms with Crippen molar-refractivity contribution in [1.29, 1.82) is 0 Å². The van der Waals surface area contributed by atoms with Crippen molar-refractivity contribution >= 4 is 0 Å². The van der Waals surface area contributed by atoms with Crippen molar-refractivity contribution in [3.63, 3.8) is 0 Å². The van der Waals surface area contributed by atoms with E-state index in [1.165, 1.54) is 0 Å². The Bertz CT molecular complexity index is 190. The third-order valence-electron chi connectivity index (χ3n) is 2.92. The van der Waals surface area contributed by atoms with E-state index in [2.05, 4.69) is 5.32 Å². The van der Waals surface area contributed by atoms with Gasteiger partial charge >= 0.3 is 0 Å². The fraction of sp³-hybridized carbons (Fsp3) is 1.00. The smallest absolute Gasteiger partial charge is 0.251 e. The van der Waals surface area contributed by atoms with Gasteiger partial charge in [0.15, 0.2) is 0 Å². The first kappa shape index (κ1) is 9.34. The third-order valence-corrected chi connectivity index (χ3v) is 2.92. The summed E-state index contributed by atoms with van der Waals surface area (Å²) in [6.07, 6.45) is 1.12. The number of ether oxygens (including phenoxy) is 1. The minimum absolute atomic E-state index is 0.00375. The quantitative estimate of drug-likeness (QED) is 0.715. The molecule has 0 bridgehead atoms. The summed E-state index contributed by atoms with van der Waals surface area (Å²) in [4.78, 5) is 0. The van der Waals surface area contributed by atoms with Crippen molar-refractivity contribution in [2.75, 3.05) is 6.61 Å². The Morgan fingerprint density at radius 2 is 2.08 bits per heavy atom. The molecule has 2 rings (SSSR count). The lowest BCUT2D eigenvalue weighted by atomic mass is 9.87. The Morgan fingerprint density at radius 1 is 1.38 bits per heavy atom. The highest BCUT2D eigenvalue weighted by Crippen LogP contribution is 2.38. The van der Waals surface area contributed by atoms with Gasteiger partial charge in [0, 0.05) is 31.5 Å². The van der Waals surface area contributed by atoms with Crippen LogP contribution in [0.2, 0.25) is 0 Å². The summed E-state index contributed by atoms with van der Waals surface area (Å²) in [5.74, 6) is -2.42. The molecule has 2 unspecified atom stereocenters. The molecule has 0 amide bonds. The van der Waals surface area contributed by atoms with Crippen LogP contribution in [0.3, 0.4) is 0 Å². The molecule has 1 saturated carbocycles. The molecule has 0 radical (unpaired) electrons. The maximum Gasteiger partial charge on any atom is 0.251 e. The normalized spacial score (nSPS) is 39.0. The number of hydrogen-bond acceptors (Lipinski definition) is 2. The van der Waals surface area contributed by atoms with Gasteiger partial charge in [-0.25, -0.2) is 8.78 Å². The molecule has 76 valence electrons. The number of alkyl halides is 2. The van der Waals surface area contributed by atoms with E-state index < -0.39 is 5.92 Å². The third kappa shape index (κ3) is 1.99. The van der Waals surface area contributed by atoms with E-state index in [0.717, 1.165) is 13.0 Å². The molecule has 4 heteroatoms. The summed E-state index contributed by atoms with van der Waals surface area (Å²) in [5, 5.41) is 3.22. The van der Waals surface area contributed by atoms with Gasteiger partial charge in [-0.05, 0) is 13.3 Å². The molecule has 2 atom stereocenters. The van der Waals surface area contributed by atoms with Crippen LogP contribution < -0.4 is 5.32 Å². The second-order valence-corrected chi connectivity index (χ2v) is 4.10. The molecule has 0 aromatic heterocycles. The van der Waals surface area contributed by atoms with Gasteiger partial charge in [0.05, 0.1) is 6.10 Å². The zero-order valence-electron chi connectivity index (χ0n) is 7.72. The summed E-state index contributed by atoms with van der Waals surface area (Å²) in [6, 6.07) is 0.283. The van der Waals surface area contributed by atoms with Crippen LogP contribution in [0.1, 0.15) is 26.2 Å². The van der Waals surface area contributed by atoms with Crippen molar-refractivity contribution in [1.82, 2.24) is 5.32 Å². The van der Waals surface area contributed by atoms with Crippen molar-refractivity contribution in [3.8, 4) is 0 Å². The summed E-state index contributed by atoms with van der Waals surface area (Å²) < 4.78 is 30.3. The number of nitrogens with one attached hydrogen (secondary N) is 1. The van der Waals surface area contributed by atoms with E-state index in [0.29, 0.717) is 0 Å². The van der Waals surface area contributed by atoms with Crippen LogP contribution in [-0.2, 0) is 4.74 Å². The maximum atomic E-state index is 12.5. The Hall–Kier alpha value is -0.220. The Morgan fingerprint density at radius 3 is 2.54 bits per heavy atom. The number of rotatable bonds is 2. The molecule has 13 heavy (non-hydrogen) atoms. The molecule has 2 aliphatic rings. The lowest BCUT2D eigenvalue weighted by Gasteiger charge is -2.37. The lowest BCUT2D eigenvalue weighted by Crippen LogP contribution is -2.53. The van der Waals surface area contributed by atoms with E-state index in [1.807, 2.05) is 6.92 Å². The second-order valence-electron chi connectivity index (χ2n) is 4.10. The zero-order chi connectivity index (χ0) is 9.47. The fourth-order valence-electron chi connectivity index (χ4n) is 2.03. The van der Waals surface area contributed by atoms with E-state index in [9.17, 15) is 8.78 Å². The van der Waals surface area contributed by atoms with Crippen molar-refractivity contribution < 1.29 is 13.5 Å². The average Bonchev–Trinajstić information content (AvgIpc) is 2.33. The van der Waals surface area contributed by atoms with E-state index in [-0.39, 0.29) is 31.0 Å². The van der Waals surface area contributed by atoms with Gasteiger partial charge < -0.3 is 10.1 Å². The molecule has 1 heterocycles. The Labute approximate surface area is 76.6 Å². The highest BCUT2D eigenvalue weighted by molar-refractivity contribution is 4.94. The highest BCUT2D eigenvalue weighted by atomic mass is 19.3. The SMILES string of the molecule is CC1OCCC1NC1CC(F)(F)C1. The molecule has 1 aliphatic carbocycles. The fourth-order valence-corrected chi connectivity index (χ4v) is 2.03. The largest absolute Gasteiger partial charge is 0.377 e. The summed E-state index contributed by atoms with van der Waals surface area (Å²) in [6.45, 7) is 2.74. The van der Waals surface area contributed by atoms with Gasteiger partial charge in [-0.1, -0.05) is 0 Å². The summed E-state index contributed by atoms with van der Waals surface area (Å²) >= 11 is 0. The summed E-state index contributed by atoms with van der Waals surface area (Å²) in [7, 11) is 0. The number of halogens is 2. The van der Waals surface area contributed by atoms with E-state index in [4.69, 9.17) is 4.74 Å². The topological polar surface area (TPSA) is 21.3 Å². The maximum absolute atomic E-state index is 12.5. The monoisotopic (exact) mass is 191 g/mol. The Balaban J connectivity index is 1.74. The highest BCUT2D eigenvalue weighted by Gasteiger charge is 2.46. The van der Waals surface area contributed by atoms with Gasteiger partial charge in [-0.15, -0.1) is 0 Å². The molecule has 1 saturated heterocycles. The molecule has 0 aromatic rings. The van der Waals surface area contributed by atoms with Gasteiger partial charge in [-0.3, -0.25) is 0 Å². The second kappa shape index (κ2) is 3.17. The van der Waals surface area contributed by atoms with Crippen LogP contribution in [0.15, 0.2) is 0 Å². The predicted molar refractivity (Wildman–Crippen MR) is 44.9 cm³/mol. The first-order chi connectivity index (χ1) is 6.07. The van der Waals surface area contributed by atoms with E-state index in [1.54, 1.807) is 0 Å². The zero-order valence-corrected chi connectivity index (χ0v) is 7.72. The average molecular weight is 191 g/mol. The van der Waals surface area contributed by atoms with Crippen LogP contribution in [0.25, 0.3) is 0 Å². The van der Waals surface area contributed by atoms with Gasteiger partial charge in [0.1, 0.15) is 0 Å². The molecule has 0 spiro atoms. The molecule has 1 N–H and O–H groups in total. The van der Waals surface area contributed by atoms with Crippen LogP contribution in [0, 0.1) is 0 Å². The van der Waals surface area contributed by atoms with Crippen LogP contribution >= 0.6 is 0 Å².